The first kappa shape index (κ1) is 14.9. The molecule has 112 valence electrons. The van der Waals surface area contributed by atoms with Crippen LogP contribution in [0, 0.1) is 33.2 Å². The normalized spacial score (nSPS) is 22.4. The lowest BCUT2D eigenvalue weighted by atomic mass is 10.1. The first-order valence-corrected chi connectivity index (χ1v) is 6.14. The van der Waals surface area contributed by atoms with Gasteiger partial charge in [-0.2, -0.15) is 4.39 Å². The summed E-state index contributed by atoms with van der Waals surface area (Å²) < 4.78 is 13.4. The molecule has 0 aliphatic heterocycles. The van der Waals surface area contributed by atoms with Gasteiger partial charge in [-0.1, -0.05) is 13.8 Å². The summed E-state index contributed by atoms with van der Waals surface area (Å²) in [4.78, 5) is 32.6. The average Bonchev–Trinajstić information content (AvgIpc) is 2.92. The number of nitro benzene ring substituents is 1. The van der Waals surface area contributed by atoms with Crippen LogP contribution in [-0.2, 0) is 9.59 Å². The van der Waals surface area contributed by atoms with Crippen molar-refractivity contribution in [1.29, 1.82) is 0 Å². The highest BCUT2D eigenvalue weighted by Crippen LogP contribution is 2.58. The average molecular weight is 296 g/mol. The van der Waals surface area contributed by atoms with E-state index in [2.05, 4.69) is 5.32 Å². The number of carboxylic acids is 1. The minimum Gasteiger partial charge on any atom is -0.481 e. The number of anilines is 1. The molecule has 2 atom stereocenters. The van der Waals surface area contributed by atoms with Gasteiger partial charge in [-0.15, -0.1) is 0 Å². The van der Waals surface area contributed by atoms with Gasteiger partial charge < -0.3 is 10.4 Å². The van der Waals surface area contributed by atoms with Crippen molar-refractivity contribution in [1.82, 2.24) is 0 Å². The monoisotopic (exact) mass is 296 g/mol. The van der Waals surface area contributed by atoms with Crippen LogP contribution in [0.15, 0.2) is 18.2 Å². The first-order valence-electron chi connectivity index (χ1n) is 6.14. The predicted octanol–water partition coefficient (Wildman–Crippen LogP) is 2.03. The molecular formula is C13H13FN2O5. The number of carboxylic acid groups (broad SMARTS) is 1. The number of hydrogen-bond acceptors (Lipinski definition) is 4. The maximum atomic E-state index is 13.4. The Kier molecular flexibility index (Phi) is 3.40. The van der Waals surface area contributed by atoms with E-state index in [1.54, 1.807) is 13.8 Å². The molecule has 8 heteroatoms. The number of nitrogens with one attached hydrogen (secondary N) is 1. The maximum absolute atomic E-state index is 13.4. The number of halogens is 1. The molecular weight excluding hydrogens is 283 g/mol. The molecule has 0 spiro atoms. The Morgan fingerprint density at radius 1 is 1.38 bits per heavy atom. The van der Waals surface area contributed by atoms with E-state index in [1.165, 1.54) is 6.07 Å². The van der Waals surface area contributed by atoms with Gasteiger partial charge in [-0.3, -0.25) is 19.7 Å². The minimum absolute atomic E-state index is 0.0509. The van der Waals surface area contributed by atoms with E-state index in [9.17, 15) is 24.1 Å². The fourth-order valence-corrected chi connectivity index (χ4v) is 2.54. The lowest BCUT2D eigenvalue weighted by Crippen LogP contribution is -2.17. The van der Waals surface area contributed by atoms with Crippen LogP contribution >= 0.6 is 0 Å². The fourth-order valence-electron chi connectivity index (χ4n) is 2.54. The van der Waals surface area contributed by atoms with Crippen molar-refractivity contribution in [2.24, 2.45) is 17.3 Å². The topological polar surface area (TPSA) is 110 Å². The molecule has 1 fully saturated rings. The predicted molar refractivity (Wildman–Crippen MR) is 70.1 cm³/mol. The van der Waals surface area contributed by atoms with Gasteiger partial charge in [0, 0.05) is 17.8 Å². The van der Waals surface area contributed by atoms with Gasteiger partial charge in [0.05, 0.1) is 16.8 Å². The second kappa shape index (κ2) is 4.80. The zero-order valence-corrected chi connectivity index (χ0v) is 11.3. The van der Waals surface area contributed by atoms with E-state index in [0.717, 1.165) is 12.1 Å². The Balaban J connectivity index is 2.13. The van der Waals surface area contributed by atoms with E-state index >= 15 is 0 Å². The molecule has 0 bridgehead atoms. The van der Waals surface area contributed by atoms with Crippen LogP contribution in [0.2, 0.25) is 0 Å². The summed E-state index contributed by atoms with van der Waals surface area (Å²) in [7, 11) is 0. The lowest BCUT2D eigenvalue weighted by Gasteiger charge is -2.06. The second-order valence-corrected chi connectivity index (χ2v) is 5.53. The third-order valence-electron chi connectivity index (χ3n) is 3.79. The van der Waals surface area contributed by atoms with Crippen LogP contribution in [0.5, 0.6) is 0 Å². The second-order valence-electron chi connectivity index (χ2n) is 5.53. The Morgan fingerprint density at radius 2 is 2.00 bits per heavy atom. The smallest absolute Gasteiger partial charge is 0.307 e. The molecule has 0 unspecified atom stereocenters. The van der Waals surface area contributed by atoms with Crippen molar-refractivity contribution in [3.05, 3.63) is 34.1 Å². The molecule has 0 radical (unpaired) electrons. The summed E-state index contributed by atoms with van der Waals surface area (Å²) in [6.45, 7) is 3.32. The van der Waals surface area contributed by atoms with Crippen LogP contribution in [0.4, 0.5) is 15.8 Å². The Hall–Kier alpha value is -2.51. The molecule has 0 saturated heterocycles. The van der Waals surface area contributed by atoms with Crippen molar-refractivity contribution in [2.45, 2.75) is 13.8 Å². The van der Waals surface area contributed by atoms with Gasteiger partial charge in [0.1, 0.15) is 0 Å². The van der Waals surface area contributed by atoms with Crippen molar-refractivity contribution in [3.63, 3.8) is 0 Å². The molecule has 7 nitrogen and oxygen atoms in total. The van der Waals surface area contributed by atoms with E-state index < -0.39 is 45.6 Å². The SMILES string of the molecule is CC1(C)[C@H](C(=O)O)[C@@H]1C(=O)Nc1ccc([N+](=O)[O-])c(F)c1. The van der Waals surface area contributed by atoms with Crippen LogP contribution < -0.4 is 5.32 Å². The summed E-state index contributed by atoms with van der Waals surface area (Å²) in [5.74, 6) is -4.17. The highest BCUT2D eigenvalue weighted by Gasteiger charge is 2.65. The van der Waals surface area contributed by atoms with Crippen LogP contribution in [0.3, 0.4) is 0 Å². The third kappa shape index (κ3) is 2.56. The van der Waals surface area contributed by atoms with Gasteiger partial charge in [-0.25, -0.2) is 0 Å². The van der Waals surface area contributed by atoms with Crippen LogP contribution in [0.25, 0.3) is 0 Å². The van der Waals surface area contributed by atoms with Crippen LogP contribution in [-0.4, -0.2) is 21.9 Å². The number of nitro groups is 1. The molecule has 1 saturated carbocycles. The molecule has 1 aliphatic rings. The Morgan fingerprint density at radius 3 is 2.43 bits per heavy atom. The number of hydrogen-bond donors (Lipinski definition) is 2. The standard InChI is InChI=1S/C13H13FN2O5/c1-13(2)9(10(13)12(18)19)11(17)15-6-3-4-8(16(20)21)7(14)5-6/h3-5,9-10H,1-2H3,(H,15,17)(H,18,19)/t9-,10+/m1/s1. The molecule has 0 aromatic heterocycles. The maximum Gasteiger partial charge on any atom is 0.307 e. The van der Waals surface area contributed by atoms with Gasteiger partial charge in [-0.05, 0) is 11.5 Å². The Bertz CT molecular complexity index is 643. The van der Waals surface area contributed by atoms with Crippen molar-refractivity contribution in [2.75, 3.05) is 5.32 Å². The number of benzene rings is 1. The molecule has 21 heavy (non-hydrogen) atoms. The molecule has 2 N–H and O–H groups in total. The van der Waals surface area contributed by atoms with E-state index in [-0.39, 0.29) is 5.69 Å². The number of nitrogens with zero attached hydrogens (tertiary/aromatic N) is 1. The quantitative estimate of drug-likeness (QED) is 0.652. The summed E-state index contributed by atoms with van der Waals surface area (Å²) >= 11 is 0. The van der Waals surface area contributed by atoms with E-state index in [1.807, 2.05) is 0 Å². The summed E-state index contributed by atoms with van der Waals surface area (Å²) in [5, 5.41) is 21.9. The number of amides is 1. The molecule has 1 aliphatic carbocycles. The summed E-state index contributed by atoms with van der Waals surface area (Å²) in [6, 6.07) is 2.98. The molecule has 0 heterocycles. The highest BCUT2D eigenvalue weighted by atomic mass is 19.1. The first-order chi connectivity index (χ1) is 9.66. The largest absolute Gasteiger partial charge is 0.481 e. The van der Waals surface area contributed by atoms with Crippen molar-refractivity contribution >= 4 is 23.3 Å². The summed E-state index contributed by atoms with van der Waals surface area (Å²) in [6.07, 6.45) is 0. The van der Waals surface area contributed by atoms with Gasteiger partial charge in [0.25, 0.3) is 0 Å². The third-order valence-corrected chi connectivity index (χ3v) is 3.79. The van der Waals surface area contributed by atoms with E-state index in [4.69, 9.17) is 5.11 Å². The Labute approximate surface area is 118 Å². The highest BCUT2D eigenvalue weighted by molar-refractivity contribution is 5.99. The molecule has 1 aromatic rings. The zero-order valence-electron chi connectivity index (χ0n) is 11.3. The molecule has 1 aromatic carbocycles. The number of aliphatic carboxylic acids is 1. The van der Waals surface area contributed by atoms with E-state index in [0.29, 0.717) is 0 Å². The van der Waals surface area contributed by atoms with Gasteiger partial charge >= 0.3 is 11.7 Å². The molecule has 2 rings (SSSR count). The summed E-state index contributed by atoms with van der Waals surface area (Å²) in [5.41, 5.74) is -1.31. The zero-order chi connectivity index (χ0) is 15.9. The van der Waals surface area contributed by atoms with Crippen molar-refractivity contribution in [3.8, 4) is 0 Å². The minimum atomic E-state index is -1.07. The van der Waals surface area contributed by atoms with Gasteiger partial charge in [0.2, 0.25) is 11.7 Å². The van der Waals surface area contributed by atoms with Crippen molar-refractivity contribution < 1.29 is 24.0 Å². The number of carbonyl (C=O) groups is 2. The molecule has 1 amide bonds. The van der Waals surface area contributed by atoms with Gasteiger partial charge in [0.15, 0.2) is 0 Å². The number of rotatable bonds is 4. The van der Waals surface area contributed by atoms with Crippen LogP contribution in [0.1, 0.15) is 13.8 Å². The fraction of sp³-hybridized carbons (Fsp3) is 0.385. The number of carbonyl (C=O) groups excluding carboxylic acids is 1. The lowest BCUT2D eigenvalue weighted by molar-refractivity contribution is -0.387.